The number of likely N-dealkylation sites (tertiary alicyclic amines) is 1. The second-order valence-electron chi connectivity index (χ2n) is 5.70. The van der Waals surface area contributed by atoms with Crippen molar-refractivity contribution in [2.24, 2.45) is 0 Å². The van der Waals surface area contributed by atoms with Crippen LogP contribution < -0.4 is 10.6 Å². The Bertz CT molecular complexity index is 621. The smallest absolute Gasteiger partial charge is 0.149 e. The molecule has 0 bridgehead atoms. The van der Waals surface area contributed by atoms with Gasteiger partial charge >= 0.3 is 0 Å². The van der Waals surface area contributed by atoms with Gasteiger partial charge in [0.15, 0.2) is 0 Å². The summed E-state index contributed by atoms with van der Waals surface area (Å²) in [5, 5.41) is 4.16. The molecular formula is C14H21N5S2. The van der Waals surface area contributed by atoms with Gasteiger partial charge in [-0.15, -0.1) is 11.3 Å². The molecule has 0 aliphatic carbocycles. The summed E-state index contributed by atoms with van der Waals surface area (Å²) >= 11 is 3.11. The maximum Gasteiger partial charge on any atom is 0.149 e. The second kappa shape index (κ2) is 5.90. The largest absolute Gasteiger partial charge is 0.382 e. The maximum atomic E-state index is 6.08. The summed E-state index contributed by atoms with van der Waals surface area (Å²) in [6.45, 7) is 4.21. The molecule has 2 N–H and O–H groups in total. The first-order valence-corrected chi connectivity index (χ1v) is 8.80. The first kappa shape index (κ1) is 14.7. The Morgan fingerprint density at radius 2 is 2.33 bits per heavy atom. The van der Waals surface area contributed by atoms with Crippen LogP contribution in [0.1, 0.15) is 18.5 Å². The van der Waals surface area contributed by atoms with E-state index in [9.17, 15) is 0 Å². The molecule has 1 atom stereocenters. The predicted octanol–water partition coefficient (Wildman–Crippen LogP) is 2.69. The fraction of sp³-hybridized carbons (Fsp3) is 0.571. The standard InChI is InChI=1S/C14H21N5S2/c1-9-8-20-13(16-9)11-12(15)17-21-14(11)19(3)7-10-5-4-6-18(10)2/h8,10H,4-7H2,1-3H3,(H2,15,17). The number of nitrogens with two attached hydrogens (primary N) is 1. The number of hydrogen-bond acceptors (Lipinski definition) is 7. The Balaban J connectivity index is 1.85. The molecule has 2 aromatic heterocycles. The summed E-state index contributed by atoms with van der Waals surface area (Å²) in [6, 6.07) is 0.615. The lowest BCUT2D eigenvalue weighted by Gasteiger charge is -2.26. The molecule has 1 unspecified atom stereocenters. The van der Waals surface area contributed by atoms with Crippen LogP contribution in [0.15, 0.2) is 5.38 Å². The van der Waals surface area contributed by atoms with Crippen LogP contribution in [0.25, 0.3) is 10.6 Å². The van der Waals surface area contributed by atoms with Crippen LogP contribution in [0.5, 0.6) is 0 Å². The van der Waals surface area contributed by atoms with Crippen molar-refractivity contribution in [3.63, 3.8) is 0 Å². The third-order valence-corrected chi connectivity index (χ3v) is 5.99. The van der Waals surface area contributed by atoms with Crippen LogP contribution in [0.3, 0.4) is 0 Å². The zero-order valence-electron chi connectivity index (χ0n) is 12.7. The number of rotatable bonds is 4. The van der Waals surface area contributed by atoms with E-state index in [1.54, 1.807) is 11.3 Å². The molecular weight excluding hydrogens is 302 g/mol. The summed E-state index contributed by atoms with van der Waals surface area (Å²) in [5.41, 5.74) is 8.12. The van der Waals surface area contributed by atoms with Gasteiger partial charge in [0.25, 0.3) is 0 Å². The van der Waals surface area contributed by atoms with Gasteiger partial charge in [0.05, 0.1) is 5.56 Å². The topological polar surface area (TPSA) is 58.3 Å². The Hall–Kier alpha value is -1.18. The molecule has 3 heterocycles. The number of hydrogen-bond donors (Lipinski definition) is 1. The van der Waals surface area contributed by atoms with Crippen LogP contribution in [0.4, 0.5) is 10.8 Å². The minimum atomic E-state index is 0.593. The highest BCUT2D eigenvalue weighted by molar-refractivity contribution is 7.15. The number of nitrogen functional groups attached to an aromatic ring is 1. The van der Waals surface area contributed by atoms with Gasteiger partial charge in [-0.3, -0.25) is 0 Å². The van der Waals surface area contributed by atoms with Gasteiger partial charge in [-0.25, -0.2) is 4.98 Å². The molecule has 0 aromatic carbocycles. The van der Waals surface area contributed by atoms with Crippen molar-refractivity contribution in [3.8, 4) is 10.6 Å². The van der Waals surface area contributed by atoms with E-state index in [-0.39, 0.29) is 0 Å². The van der Waals surface area contributed by atoms with E-state index in [1.807, 2.05) is 6.92 Å². The van der Waals surface area contributed by atoms with E-state index in [1.165, 1.54) is 30.9 Å². The number of nitrogens with zero attached hydrogens (tertiary/aromatic N) is 4. The van der Waals surface area contributed by atoms with Crippen LogP contribution >= 0.6 is 22.9 Å². The highest BCUT2D eigenvalue weighted by atomic mass is 32.1. The van der Waals surface area contributed by atoms with E-state index in [2.05, 4.69) is 38.6 Å². The van der Waals surface area contributed by atoms with Crippen molar-refractivity contribution in [2.75, 3.05) is 37.8 Å². The molecule has 1 aliphatic heterocycles. The molecule has 2 aromatic rings. The third-order valence-electron chi connectivity index (χ3n) is 4.04. The number of aromatic nitrogens is 2. The van der Waals surface area contributed by atoms with E-state index >= 15 is 0 Å². The Labute approximate surface area is 133 Å². The average molecular weight is 323 g/mol. The summed E-state index contributed by atoms with van der Waals surface area (Å²) in [5.74, 6) is 0.593. The first-order valence-electron chi connectivity index (χ1n) is 7.15. The van der Waals surface area contributed by atoms with Crippen molar-refractivity contribution >= 4 is 33.7 Å². The number of anilines is 2. The molecule has 21 heavy (non-hydrogen) atoms. The van der Waals surface area contributed by atoms with Gasteiger partial charge in [-0.1, -0.05) is 0 Å². The van der Waals surface area contributed by atoms with Crippen LogP contribution in [0, 0.1) is 6.92 Å². The molecule has 114 valence electrons. The van der Waals surface area contributed by atoms with E-state index < -0.39 is 0 Å². The van der Waals surface area contributed by atoms with Crippen LogP contribution in [-0.2, 0) is 0 Å². The van der Waals surface area contributed by atoms with Crippen molar-refractivity contribution < 1.29 is 0 Å². The molecule has 0 radical (unpaired) electrons. The lowest BCUT2D eigenvalue weighted by molar-refractivity contribution is 0.314. The van der Waals surface area contributed by atoms with E-state index in [0.717, 1.165) is 27.8 Å². The normalized spacial score (nSPS) is 19.3. The van der Waals surface area contributed by atoms with E-state index in [4.69, 9.17) is 5.73 Å². The lowest BCUT2D eigenvalue weighted by Crippen LogP contribution is -2.36. The third kappa shape index (κ3) is 2.90. The van der Waals surface area contributed by atoms with Crippen LogP contribution in [0.2, 0.25) is 0 Å². The fourth-order valence-electron chi connectivity index (χ4n) is 2.83. The van der Waals surface area contributed by atoms with Crippen molar-refractivity contribution in [1.82, 2.24) is 14.3 Å². The highest BCUT2D eigenvalue weighted by Crippen LogP contribution is 2.40. The Morgan fingerprint density at radius 1 is 1.52 bits per heavy atom. The van der Waals surface area contributed by atoms with Gasteiger partial charge in [-0.2, -0.15) is 4.37 Å². The Morgan fingerprint density at radius 3 is 2.95 bits per heavy atom. The van der Waals surface area contributed by atoms with Crippen LogP contribution in [-0.4, -0.2) is 47.5 Å². The fourth-order valence-corrected chi connectivity index (χ4v) is 4.53. The Kier molecular flexibility index (Phi) is 4.14. The summed E-state index contributed by atoms with van der Waals surface area (Å²) in [6.07, 6.45) is 2.55. The zero-order valence-corrected chi connectivity index (χ0v) is 14.3. The van der Waals surface area contributed by atoms with E-state index in [0.29, 0.717) is 11.9 Å². The molecule has 0 amide bonds. The molecule has 3 rings (SSSR count). The summed E-state index contributed by atoms with van der Waals surface area (Å²) < 4.78 is 4.35. The minimum Gasteiger partial charge on any atom is -0.382 e. The molecule has 1 fully saturated rings. The monoisotopic (exact) mass is 323 g/mol. The predicted molar refractivity (Wildman–Crippen MR) is 91.3 cm³/mol. The molecule has 1 aliphatic rings. The summed E-state index contributed by atoms with van der Waals surface area (Å²) in [7, 11) is 4.33. The lowest BCUT2D eigenvalue weighted by atomic mass is 10.2. The van der Waals surface area contributed by atoms with Gasteiger partial charge in [0.1, 0.15) is 15.8 Å². The highest BCUT2D eigenvalue weighted by Gasteiger charge is 2.25. The first-order chi connectivity index (χ1) is 10.1. The molecule has 0 saturated carbocycles. The molecule has 1 saturated heterocycles. The van der Waals surface area contributed by atoms with Crippen molar-refractivity contribution in [2.45, 2.75) is 25.8 Å². The molecule has 5 nitrogen and oxygen atoms in total. The minimum absolute atomic E-state index is 0.593. The van der Waals surface area contributed by atoms with Gasteiger partial charge in [-0.05, 0) is 44.9 Å². The van der Waals surface area contributed by atoms with Crippen molar-refractivity contribution in [1.29, 1.82) is 0 Å². The van der Waals surface area contributed by atoms with Crippen molar-refractivity contribution in [3.05, 3.63) is 11.1 Å². The maximum absolute atomic E-state index is 6.08. The number of aryl methyl sites for hydroxylation is 1. The van der Waals surface area contributed by atoms with Gasteiger partial charge < -0.3 is 15.5 Å². The van der Waals surface area contributed by atoms with Gasteiger partial charge in [0.2, 0.25) is 0 Å². The quantitative estimate of drug-likeness (QED) is 0.937. The van der Waals surface area contributed by atoms with Gasteiger partial charge in [0, 0.05) is 30.7 Å². The average Bonchev–Trinajstić information content (AvgIpc) is 3.12. The summed E-state index contributed by atoms with van der Waals surface area (Å²) in [4.78, 5) is 9.29. The molecule has 0 spiro atoms. The number of thiazole rings is 1. The molecule has 7 heteroatoms. The SMILES string of the molecule is Cc1csc(-c2c(N)nsc2N(C)CC2CCCN2C)n1. The number of likely N-dealkylation sites (N-methyl/N-ethyl adjacent to an activating group) is 2. The zero-order chi connectivity index (χ0) is 15.0. The second-order valence-corrected chi connectivity index (χ2v) is 7.31.